The molecule has 2 fully saturated rings. The molecule has 0 aromatic carbocycles. The Morgan fingerprint density at radius 2 is 2.00 bits per heavy atom. The van der Waals surface area contributed by atoms with Gasteiger partial charge in [-0.1, -0.05) is 20.3 Å². The Hall–Kier alpha value is -0.610. The van der Waals surface area contributed by atoms with Crippen molar-refractivity contribution in [1.82, 2.24) is 0 Å². The highest BCUT2D eigenvalue weighted by Crippen LogP contribution is 2.34. The van der Waals surface area contributed by atoms with Crippen LogP contribution in [0.25, 0.3) is 0 Å². The fraction of sp³-hybridized carbons (Fsp3) is 0.941. The summed E-state index contributed by atoms with van der Waals surface area (Å²) in [5, 5.41) is 9.13. The van der Waals surface area contributed by atoms with Gasteiger partial charge in [0.25, 0.3) is 0 Å². The highest BCUT2D eigenvalue weighted by atomic mass is 16.4. The second kappa shape index (κ2) is 7.10. The summed E-state index contributed by atoms with van der Waals surface area (Å²) in [5.74, 6) is 1.16. The summed E-state index contributed by atoms with van der Waals surface area (Å²) in [7, 11) is 0. The Kier molecular flexibility index (Phi) is 5.67. The minimum Gasteiger partial charge on any atom is -0.481 e. The maximum absolute atomic E-state index is 11.1. The molecule has 3 N–H and O–H groups in total. The fourth-order valence-corrected chi connectivity index (χ4v) is 4.27. The molecule has 1 aliphatic heterocycles. The molecule has 0 aromatic rings. The van der Waals surface area contributed by atoms with E-state index in [1.807, 2.05) is 0 Å². The molecule has 1 heterocycles. The average Bonchev–Trinajstić information content (AvgIpc) is 2.30. The van der Waals surface area contributed by atoms with E-state index in [2.05, 4.69) is 13.8 Å². The zero-order chi connectivity index (χ0) is 15.5. The van der Waals surface area contributed by atoms with Crippen molar-refractivity contribution in [1.29, 1.82) is 0 Å². The Morgan fingerprint density at radius 3 is 2.52 bits per heavy atom. The third-order valence-electron chi connectivity index (χ3n) is 5.42. The lowest BCUT2D eigenvalue weighted by Crippen LogP contribution is -2.63. The zero-order valence-electron chi connectivity index (χ0n) is 13.8. The lowest BCUT2D eigenvalue weighted by Gasteiger charge is -2.49. The molecule has 2 aliphatic rings. The first-order valence-corrected chi connectivity index (χ1v) is 8.71. The Bertz CT molecular complexity index is 355. The van der Waals surface area contributed by atoms with E-state index in [1.54, 1.807) is 0 Å². The standard InChI is InChI=1S/C17H32N2O2/c1-13(2)6-7-19(10-14-4-3-5-14)11-15(9-17(20)21)8-16(18)12-19/h13-16H,3-12,18H2,1-2H3/p+1. The van der Waals surface area contributed by atoms with Crippen LogP contribution in [0.3, 0.4) is 0 Å². The van der Waals surface area contributed by atoms with Crippen LogP contribution in [0.1, 0.15) is 52.4 Å². The molecule has 0 radical (unpaired) electrons. The summed E-state index contributed by atoms with van der Waals surface area (Å²) < 4.78 is 1.09. The summed E-state index contributed by atoms with van der Waals surface area (Å²) in [6.07, 6.45) is 6.50. The molecule has 0 spiro atoms. The normalized spacial score (nSPS) is 33.9. The van der Waals surface area contributed by atoms with Gasteiger partial charge in [-0.15, -0.1) is 0 Å². The van der Waals surface area contributed by atoms with Crippen molar-refractivity contribution in [3.05, 3.63) is 0 Å². The molecule has 4 nitrogen and oxygen atoms in total. The van der Waals surface area contributed by atoms with Crippen molar-refractivity contribution >= 4 is 5.97 Å². The highest BCUT2D eigenvalue weighted by Gasteiger charge is 2.41. The number of quaternary nitrogens is 1. The van der Waals surface area contributed by atoms with Crippen LogP contribution in [0.2, 0.25) is 0 Å². The third kappa shape index (κ3) is 4.96. The van der Waals surface area contributed by atoms with Crippen molar-refractivity contribution < 1.29 is 14.4 Å². The molecule has 0 aromatic heterocycles. The van der Waals surface area contributed by atoms with Gasteiger partial charge in [0, 0.05) is 11.8 Å². The molecule has 21 heavy (non-hydrogen) atoms. The van der Waals surface area contributed by atoms with Crippen LogP contribution in [-0.2, 0) is 4.79 Å². The van der Waals surface area contributed by atoms with Crippen LogP contribution in [0.4, 0.5) is 0 Å². The van der Waals surface area contributed by atoms with E-state index in [1.165, 1.54) is 38.8 Å². The predicted molar refractivity (Wildman–Crippen MR) is 84.9 cm³/mol. The number of piperidine rings is 1. The highest BCUT2D eigenvalue weighted by molar-refractivity contribution is 5.67. The molecule has 1 saturated carbocycles. The zero-order valence-corrected chi connectivity index (χ0v) is 13.8. The molecule has 122 valence electrons. The largest absolute Gasteiger partial charge is 0.481 e. The molecule has 1 aliphatic carbocycles. The van der Waals surface area contributed by atoms with Gasteiger partial charge in [0.1, 0.15) is 0 Å². The number of likely N-dealkylation sites (tertiary alicyclic amines) is 1. The fourth-order valence-electron chi connectivity index (χ4n) is 4.27. The topological polar surface area (TPSA) is 63.3 Å². The lowest BCUT2D eigenvalue weighted by atomic mass is 9.82. The monoisotopic (exact) mass is 297 g/mol. The van der Waals surface area contributed by atoms with Crippen LogP contribution >= 0.6 is 0 Å². The second-order valence-electron chi connectivity index (χ2n) is 8.05. The van der Waals surface area contributed by atoms with E-state index in [-0.39, 0.29) is 12.0 Å². The maximum Gasteiger partial charge on any atom is 0.303 e. The molecular formula is C17H33N2O2+. The molecule has 2 rings (SSSR count). The summed E-state index contributed by atoms with van der Waals surface area (Å²) in [6.45, 7) is 9.05. The van der Waals surface area contributed by atoms with Crippen molar-refractivity contribution in [2.75, 3.05) is 26.2 Å². The van der Waals surface area contributed by atoms with Crippen molar-refractivity contribution in [3.63, 3.8) is 0 Å². The number of carbonyl (C=O) groups is 1. The van der Waals surface area contributed by atoms with E-state index in [0.29, 0.717) is 12.3 Å². The molecule has 3 atom stereocenters. The maximum atomic E-state index is 11.1. The minimum absolute atomic E-state index is 0.176. The Labute approximate surface area is 129 Å². The van der Waals surface area contributed by atoms with Gasteiger partial charge in [0.05, 0.1) is 38.6 Å². The molecular weight excluding hydrogens is 264 g/mol. The SMILES string of the molecule is CC(C)CC[N+]1(CC2CCC2)CC(N)CC(CC(=O)O)C1. The number of hydrogen-bond acceptors (Lipinski definition) is 2. The van der Waals surface area contributed by atoms with Crippen molar-refractivity contribution in [3.8, 4) is 0 Å². The quantitative estimate of drug-likeness (QED) is 0.710. The summed E-state index contributed by atoms with van der Waals surface area (Å²) >= 11 is 0. The van der Waals surface area contributed by atoms with Gasteiger partial charge in [-0.25, -0.2) is 0 Å². The van der Waals surface area contributed by atoms with Crippen LogP contribution < -0.4 is 5.73 Å². The van der Waals surface area contributed by atoms with Crippen LogP contribution in [0, 0.1) is 17.8 Å². The summed E-state index contributed by atoms with van der Waals surface area (Å²) in [6, 6.07) is 0.176. The van der Waals surface area contributed by atoms with Gasteiger partial charge >= 0.3 is 5.97 Å². The Balaban J connectivity index is 2.05. The number of carboxylic acid groups (broad SMARTS) is 1. The molecule has 0 bridgehead atoms. The number of carboxylic acids is 1. The van der Waals surface area contributed by atoms with E-state index < -0.39 is 5.97 Å². The first-order chi connectivity index (χ1) is 9.88. The van der Waals surface area contributed by atoms with Gasteiger partial charge in [0.15, 0.2) is 0 Å². The summed E-state index contributed by atoms with van der Waals surface area (Å²) in [4.78, 5) is 11.1. The van der Waals surface area contributed by atoms with Gasteiger partial charge < -0.3 is 15.3 Å². The molecule has 4 heteroatoms. The minimum atomic E-state index is -0.667. The number of nitrogens with zero attached hydrogens (tertiary/aromatic N) is 1. The molecule has 0 amide bonds. The van der Waals surface area contributed by atoms with Gasteiger partial charge in [0.2, 0.25) is 0 Å². The first-order valence-electron chi connectivity index (χ1n) is 8.71. The van der Waals surface area contributed by atoms with Crippen LogP contribution in [0.5, 0.6) is 0 Å². The average molecular weight is 297 g/mol. The number of nitrogens with two attached hydrogens (primary N) is 1. The van der Waals surface area contributed by atoms with E-state index in [9.17, 15) is 4.79 Å². The van der Waals surface area contributed by atoms with Crippen molar-refractivity contribution in [2.45, 2.75) is 58.4 Å². The lowest BCUT2D eigenvalue weighted by molar-refractivity contribution is -0.940. The van der Waals surface area contributed by atoms with E-state index in [0.717, 1.165) is 29.9 Å². The second-order valence-corrected chi connectivity index (χ2v) is 8.05. The summed E-state index contributed by atoms with van der Waals surface area (Å²) in [5.41, 5.74) is 6.31. The smallest absolute Gasteiger partial charge is 0.303 e. The number of rotatable bonds is 7. The number of hydrogen-bond donors (Lipinski definition) is 2. The molecule has 1 saturated heterocycles. The van der Waals surface area contributed by atoms with Gasteiger partial charge in [-0.2, -0.15) is 0 Å². The van der Waals surface area contributed by atoms with E-state index >= 15 is 0 Å². The van der Waals surface area contributed by atoms with Gasteiger partial charge in [-0.05, 0) is 31.6 Å². The molecule has 3 unspecified atom stereocenters. The predicted octanol–water partition coefficient (Wildman–Crippen LogP) is 2.47. The number of aliphatic carboxylic acids is 1. The third-order valence-corrected chi connectivity index (χ3v) is 5.42. The van der Waals surface area contributed by atoms with Crippen LogP contribution in [-0.4, -0.2) is 47.8 Å². The van der Waals surface area contributed by atoms with Gasteiger partial charge in [-0.3, -0.25) is 4.79 Å². The van der Waals surface area contributed by atoms with Crippen molar-refractivity contribution in [2.24, 2.45) is 23.5 Å². The van der Waals surface area contributed by atoms with E-state index in [4.69, 9.17) is 10.8 Å². The first kappa shape index (κ1) is 16.8. The van der Waals surface area contributed by atoms with Crippen LogP contribution in [0.15, 0.2) is 0 Å². The Morgan fingerprint density at radius 1 is 1.29 bits per heavy atom.